The molecular formula is C21H17ClN2O. The number of hydrogen-bond acceptors (Lipinski definition) is 2. The number of fused-ring (bicyclic) bond motifs is 1. The quantitative estimate of drug-likeness (QED) is 0.475. The molecule has 4 rings (SSSR count). The first-order chi connectivity index (χ1) is 12.3. The molecule has 1 unspecified atom stereocenters. The Labute approximate surface area is 151 Å². The van der Waals surface area contributed by atoms with Crippen molar-refractivity contribution in [3.05, 3.63) is 96.0 Å². The molecule has 124 valence electrons. The molecule has 0 saturated carbocycles. The van der Waals surface area contributed by atoms with Crippen LogP contribution in [0.4, 0.5) is 0 Å². The van der Waals surface area contributed by atoms with Crippen LogP contribution in [0.25, 0.3) is 10.8 Å². The van der Waals surface area contributed by atoms with E-state index in [4.69, 9.17) is 16.3 Å². The summed E-state index contributed by atoms with van der Waals surface area (Å²) in [6, 6.07) is 22.3. The molecule has 3 nitrogen and oxygen atoms in total. The van der Waals surface area contributed by atoms with E-state index in [1.807, 2.05) is 47.2 Å². The second kappa shape index (κ2) is 6.99. The molecule has 1 heterocycles. The standard InChI is InChI=1S/C21H17ClN2O/c22-19-7-3-4-8-20(19)25-21(14-24-12-11-23-15-24)18-10-9-16-5-1-2-6-17(16)13-18/h1-13,15,21H,14H2. The predicted octanol–water partition coefficient (Wildman–Crippen LogP) is 5.51. The molecule has 0 bridgehead atoms. The lowest BCUT2D eigenvalue weighted by Crippen LogP contribution is -2.14. The maximum Gasteiger partial charge on any atom is 0.142 e. The summed E-state index contributed by atoms with van der Waals surface area (Å²) in [6.45, 7) is 0.656. The van der Waals surface area contributed by atoms with Crippen molar-refractivity contribution < 1.29 is 4.74 Å². The van der Waals surface area contributed by atoms with Gasteiger partial charge < -0.3 is 9.30 Å². The Kier molecular flexibility index (Phi) is 4.40. The molecule has 4 heteroatoms. The first-order valence-corrected chi connectivity index (χ1v) is 8.53. The summed E-state index contributed by atoms with van der Waals surface area (Å²) in [4.78, 5) is 4.12. The fourth-order valence-corrected chi connectivity index (χ4v) is 3.08. The van der Waals surface area contributed by atoms with Gasteiger partial charge in [-0.2, -0.15) is 0 Å². The van der Waals surface area contributed by atoms with Crippen molar-refractivity contribution >= 4 is 22.4 Å². The molecule has 1 aromatic heterocycles. The van der Waals surface area contributed by atoms with Crippen molar-refractivity contribution in [3.63, 3.8) is 0 Å². The highest BCUT2D eigenvalue weighted by Crippen LogP contribution is 2.31. The van der Waals surface area contributed by atoms with Gasteiger partial charge in [0.2, 0.25) is 0 Å². The van der Waals surface area contributed by atoms with Gasteiger partial charge in [-0.1, -0.05) is 60.1 Å². The summed E-state index contributed by atoms with van der Waals surface area (Å²) in [5, 5.41) is 3.02. The predicted molar refractivity (Wildman–Crippen MR) is 101 cm³/mol. The minimum atomic E-state index is -0.168. The van der Waals surface area contributed by atoms with Crippen LogP contribution in [0.3, 0.4) is 0 Å². The van der Waals surface area contributed by atoms with Crippen LogP contribution in [0, 0.1) is 0 Å². The van der Waals surface area contributed by atoms with Crippen LogP contribution < -0.4 is 4.74 Å². The smallest absolute Gasteiger partial charge is 0.142 e. The number of benzene rings is 3. The average molecular weight is 349 g/mol. The highest BCUT2D eigenvalue weighted by molar-refractivity contribution is 6.32. The third-order valence-electron chi connectivity index (χ3n) is 4.19. The number of imidazole rings is 1. The Balaban J connectivity index is 1.71. The lowest BCUT2D eigenvalue weighted by molar-refractivity contribution is 0.183. The summed E-state index contributed by atoms with van der Waals surface area (Å²) in [7, 11) is 0. The van der Waals surface area contributed by atoms with Crippen LogP contribution in [-0.4, -0.2) is 9.55 Å². The fraction of sp³-hybridized carbons (Fsp3) is 0.0952. The second-order valence-corrected chi connectivity index (χ2v) is 6.31. The van der Waals surface area contributed by atoms with E-state index in [0.29, 0.717) is 17.3 Å². The van der Waals surface area contributed by atoms with Crippen molar-refractivity contribution in [2.75, 3.05) is 0 Å². The fourth-order valence-electron chi connectivity index (χ4n) is 2.90. The zero-order chi connectivity index (χ0) is 17.1. The molecule has 0 fully saturated rings. The molecule has 1 atom stereocenters. The molecule has 25 heavy (non-hydrogen) atoms. The normalized spacial score (nSPS) is 12.2. The molecule has 0 spiro atoms. The van der Waals surface area contributed by atoms with Crippen LogP contribution in [0.5, 0.6) is 5.75 Å². The van der Waals surface area contributed by atoms with E-state index in [2.05, 4.69) is 35.3 Å². The van der Waals surface area contributed by atoms with Gasteiger partial charge in [0.1, 0.15) is 11.9 Å². The van der Waals surface area contributed by atoms with Crippen molar-refractivity contribution in [2.45, 2.75) is 12.6 Å². The highest BCUT2D eigenvalue weighted by Gasteiger charge is 2.16. The van der Waals surface area contributed by atoms with E-state index in [1.54, 1.807) is 12.5 Å². The van der Waals surface area contributed by atoms with Crippen molar-refractivity contribution in [1.29, 1.82) is 0 Å². The summed E-state index contributed by atoms with van der Waals surface area (Å²) < 4.78 is 8.28. The minimum Gasteiger partial charge on any atom is -0.482 e. The first kappa shape index (κ1) is 15.7. The molecule has 0 aliphatic carbocycles. The van der Waals surface area contributed by atoms with Gasteiger partial charge in [-0.25, -0.2) is 4.98 Å². The minimum absolute atomic E-state index is 0.168. The first-order valence-electron chi connectivity index (χ1n) is 8.15. The number of aromatic nitrogens is 2. The number of rotatable bonds is 5. The van der Waals surface area contributed by atoms with Gasteiger partial charge in [0.05, 0.1) is 17.9 Å². The zero-order valence-electron chi connectivity index (χ0n) is 13.5. The lowest BCUT2D eigenvalue weighted by Gasteiger charge is -2.21. The molecule has 0 aliphatic rings. The largest absolute Gasteiger partial charge is 0.482 e. The second-order valence-electron chi connectivity index (χ2n) is 5.90. The molecule has 0 radical (unpaired) electrons. The number of halogens is 1. The van der Waals surface area contributed by atoms with Gasteiger partial charge in [0.25, 0.3) is 0 Å². The third kappa shape index (κ3) is 3.52. The molecular weight excluding hydrogens is 332 g/mol. The molecule has 0 amide bonds. The Morgan fingerprint density at radius 3 is 2.56 bits per heavy atom. The van der Waals surface area contributed by atoms with Crippen LogP contribution in [0.2, 0.25) is 5.02 Å². The summed E-state index contributed by atoms with van der Waals surface area (Å²) >= 11 is 6.29. The highest BCUT2D eigenvalue weighted by atomic mass is 35.5. The van der Waals surface area contributed by atoms with E-state index in [-0.39, 0.29) is 6.10 Å². The maximum atomic E-state index is 6.29. The van der Waals surface area contributed by atoms with Gasteiger partial charge in [-0.3, -0.25) is 0 Å². The van der Waals surface area contributed by atoms with Crippen molar-refractivity contribution in [1.82, 2.24) is 9.55 Å². The Morgan fingerprint density at radius 1 is 0.960 bits per heavy atom. The molecule has 0 saturated heterocycles. The van der Waals surface area contributed by atoms with E-state index in [1.165, 1.54) is 10.8 Å². The molecule has 3 aromatic carbocycles. The zero-order valence-corrected chi connectivity index (χ0v) is 14.3. The van der Waals surface area contributed by atoms with E-state index < -0.39 is 0 Å². The lowest BCUT2D eigenvalue weighted by atomic mass is 10.0. The van der Waals surface area contributed by atoms with Crippen LogP contribution in [0.1, 0.15) is 11.7 Å². The number of para-hydroxylation sites is 1. The molecule has 4 aromatic rings. The van der Waals surface area contributed by atoms with Gasteiger partial charge >= 0.3 is 0 Å². The van der Waals surface area contributed by atoms with Gasteiger partial charge in [0.15, 0.2) is 0 Å². The number of ether oxygens (including phenoxy) is 1. The van der Waals surface area contributed by atoms with Gasteiger partial charge in [0, 0.05) is 12.4 Å². The van der Waals surface area contributed by atoms with Crippen molar-refractivity contribution in [3.8, 4) is 5.75 Å². The average Bonchev–Trinajstić information content (AvgIpc) is 3.16. The van der Waals surface area contributed by atoms with E-state index in [0.717, 1.165) is 5.56 Å². The van der Waals surface area contributed by atoms with Crippen LogP contribution >= 0.6 is 11.6 Å². The van der Waals surface area contributed by atoms with Crippen LogP contribution in [-0.2, 0) is 6.54 Å². The van der Waals surface area contributed by atoms with Crippen molar-refractivity contribution in [2.24, 2.45) is 0 Å². The SMILES string of the molecule is Clc1ccccc1OC(Cn1ccnc1)c1ccc2ccccc2c1. The monoisotopic (exact) mass is 348 g/mol. The number of hydrogen-bond donors (Lipinski definition) is 0. The van der Waals surface area contributed by atoms with E-state index >= 15 is 0 Å². The third-order valence-corrected chi connectivity index (χ3v) is 4.50. The maximum absolute atomic E-state index is 6.29. The molecule has 0 N–H and O–H groups in total. The Morgan fingerprint density at radius 2 is 1.76 bits per heavy atom. The Bertz CT molecular complexity index is 982. The number of nitrogens with zero attached hydrogens (tertiary/aromatic N) is 2. The topological polar surface area (TPSA) is 27.1 Å². The molecule has 0 aliphatic heterocycles. The van der Waals surface area contributed by atoms with Gasteiger partial charge in [-0.15, -0.1) is 0 Å². The van der Waals surface area contributed by atoms with E-state index in [9.17, 15) is 0 Å². The van der Waals surface area contributed by atoms with Crippen LogP contribution in [0.15, 0.2) is 85.5 Å². The van der Waals surface area contributed by atoms with Gasteiger partial charge in [-0.05, 0) is 34.5 Å². The summed E-state index contributed by atoms with van der Waals surface area (Å²) in [5.41, 5.74) is 1.10. The summed E-state index contributed by atoms with van der Waals surface area (Å²) in [5.74, 6) is 0.683. The summed E-state index contributed by atoms with van der Waals surface area (Å²) in [6.07, 6.45) is 5.33. The Hall–Kier alpha value is -2.78.